The molecule has 1 fully saturated rings. The standard InChI is InChI=1S/C25H28F3N7O2/c1-31-11-16(9-29)14-4-13(5-17(26)6-14)10-33-25(37)22-23-20(2-3-32-22)34-24(35(23)12-21(30)36)15-7-18(27)19(28)8-15/h2-6,9,11,15,18-20,23,29,31H,7-8,10,12H2,1H3,(H2,30,36)(H,33,37)/b16-11+,29-9?. The Bertz CT molecular complexity index is 1200. The number of alkyl halides is 2. The molecule has 5 N–H and O–H groups in total. The van der Waals surface area contributed by atoms with Gasteiger partial charge in [0.2, 0.25) is 5.91 Å². The zero-order valence-corrected chi connectivity index (χ0v) is 20.1. The number of fused-ring (bicyclic) bond motifs is 1. The van der Waals surface area contributed by atoms with Crippen LogP contribution in [-0.4, -0.2) is 72.5 Å². The molecule has 4 unspecified atom stereocenters. The maximum absolute atomic E-state index is 14.3. The fraction of sp³-hybridized carbons (Fsp3) is 0.400. The molecule has 0 spiro atoms. The molecule has 0 radical (unpaired) electrons. The van der Waals surface area contributed by atoms with Gasteiger partial charge in [-0.15, -0.1) is 0 Å². The number of halogens is 3. The summed E-state index contributed by atoms with van der Waals surface area (Å²) in [5.74, 6) is -1.98. The smallest absolute Gasteiger partial charge is 0.268 e. The number of primary amides is 1. The van der Waals surface area contributed by atoms with Crippen LogP contribution in [0.25, 0.3) is 5.57 Å². The number of nitrogens with two attached hydrogens (primary N) is 1. The number of hydrogen-bond donors (Lipinski definition) is 4. The lowest BCUT2D eigenvalue weighted by Gasteiger charge is -2.32. The molecule has 2 aliphatic heterocycles. The molecular formula is C25H28F3N7O2. The molecule has 1 aromatic carbocycles. The predicted molar refractivity (Wildman–Crippen MR) is 134 cm³/mol. The molecule has 12 heteroatoms. The molecule has 0 bridgehead atoms. The number of nitrogens with one attached hydrogen (secondary N) is 3. The summed E-state index contributed by atoms with van der Waals surface area (Å²) < 4.78 is 42.1. The third kappa shape index (κ3) is 5.57. The molecule has 196 valence electrons. The first-order valence-electron chi connectivity index (χ1n) is 11.8. The summed E-state index contributed by atoms with van der Waals surface area (Å²) in [5.41, 5.74) is 6.88. The van der Waals surface area contributed by atoms with Crippen molar-refractivity contribution < 1.29 is 22.8 Å². The van der Waals surface area contributed by atoms with E-state index in [4.69, 9.17) is 11.1 Å². The van der Waals surface area contributed by atoms with E-state index in [0.29, 0.717) is 22.5 Å². The van der Waals surface area contributed by atoms with Gasteiger partial charge in [0.1, 0.15) is 35.7 Å². The molecule has 2 amide bonds. The Morgan fingerprint density at radius 2 is 1.97 bits per heavy atom. The SMILES string of the molecule is CN/C=C(\C=N)c1cc(F)cc(CNC(=O)C2=NC=CC3N=C(C4CC(F)C(F)C4)N(CC(N)=O)C23)c1. The predicted octanol–water partition coefficient (Wildman–Crippen LogP) is 1.64. The van der Waals surface area contributed by atoms with Crippen LogP contribution in [0.4, 0.5) is 13.2 Å². The number of amides is 2. The molecule has 9 nitrogen and oxygen atoms in total. The first-order valence-corrected chi connectivity index (χ1v) is 11.8. The van der Waals surface area contributed by atoms with Crippen LogP contribution in [-0.2, 0) is 16.1 Å². The molecular weight excluding hydrogens is 487 g/mol. The van der Waals surface area contributed by atoms with Crippen molar-refractivity contribution in [1.29, 1.82) is 5.41 Å². The van der Waals surface area contributed by atoms with E-state index < -0.39 is 48.0 Å². The second-order valence-corrected chi connectivity index (χ2v) is 9.14. The molecule has 37 heavy (non-hydrogen) atoms. The van der Waals surface area contributed by atoms with Gasteiger partial charge in [-0.25, -0.2) is 13.2 Å². The average Bonchev–Trinajstić information content (AvgIpc) is 3.39. The maximum Gasteiger partial charge on any atom is 0.268 e. The van der Waals surface area contributed by atoms with Crippen molar-refractivity contribution in [2.24, 2.45) is 21.6 Å². The highest BCUT2D eigenvalue weighted by Gasteiger charge is 2.47. The van der Waals surface area contributed by atoms with Crippen molar-refractivity contribution in [1.82, 2.24) is 15.5 Å². The van der Waals surface area contributed by atoms with Crippen LogP contribution in [0.2, 0.25) is 0 Å². The summed E-state index contributed by atoms with van der Waals surface area (Å²) in [6.45, 7) is -0.324. The Morgan fingerprint density at radius 3 is 2.62 bits per heavy atom. The van der Waals surface area contributed by atoms with E-state index in [-0.39, 0.29) is 31.6 Å². The Labute approximate surface area is 211 Å². The second-order valence-electron chi connectivity index (χ2n) is 9.14. The monoisotopic (exact) mass is 515 g/mol. The number of carbonyl (C=O) groups excluding carboxylic acids is 2. The lowest BCUT2D eigenvalue weighted by Crippen LogP contribution is -2.54. The number of allylic oxidation sites excluding steroid dienone is 1. The van der Waals surface area contributed by atoms with Crippen molar-refractivity contribution >= 4 is 35.1 Å². The normalized spacial score (nSPS) is 26.9. The summed E-state index contributed by atoms with van der Waals surface area (Å²) in [6.07, 6.45) is 2.34. The highest BCUT2D eigenvalue weighted by Crippen LogP contribution is 2.36. The number of carbonyl (C=O) groups is 2. The summed E-state index contributed by atoms with van der Waals surface area (Å²) in [6, 6.07) is 2.86. The van der Waals surface area contributed by atoms with Gasteiger partial charge in [0.05, 0.1) is 12.6 Å². The van der Waals surface area contributed by atoms with Crippen molar-refractivity contribution in [3.63, 3.8) is 0 Å². The maximum atomic E-state index is 14.3. The van der Waals surface area contributed by atoms with Crippen LogP contribution in [0.15, 0.2) is 46.7 Å². The van der Waals surface area contributed by atoms with Crippen LogP contribution < -0.4 is 16.4 Å². The van der Waals surface area contributed by atoms with Crippen molar-refractivity contribution in [2.45, 2.75) is 43.8 Å². The number of nitrogens with zero attached hydrogens (tertiary/aromatic N) is 3. The van der Waals surface area contributed by atoms with Crippen LogP contribution in [0.1, 0.15) is 24.0 Å². The zero-order chi connectivity index (χ0) is 26.7. The lowest BCUT2D eigenvalue weighted by molar-refractivity contribution is -0.119. The molecule has 4 rings (SSSR count). The van der Waals surface area contributed by atoms with E-state index in [1.807, 2.05) is 0 Å². The van der Waals surface area contributed by atoms with E-state index in [1.54, 1.807) is 25.4 Å². The van der Waals surface area contributed by atoms with Gasteiger partial charge >= 0.3 is 0 Å². The van der Waals surface area contributed by atoms with Gasteiger partial charge < -0.3 is 26.7 Å². The first-order chi connectivity index (χ1) is 17.7. The minimum Gasteiger partial charge on any atom is -0.393 e. The third-order valence-corrected chi connectivity index (χ3v) is 6.55. The van der Waals surface area contributed by atoms with Gasteiger partial charge in [-0.1, -0.05) is 0 Å². The molecule has 0 saturated heterocycles. The highest BCUT2D eigenvalue weighted by molar-refractivity contribution is 6.42. The Hall–Kier alpha value is -3.96. The third-order valence-electron chi connectivity index (χ3n) is 6.55. The molecule has 0 aromatic heterocycles. The fourth-order valence-electron chi connectivity index (χ4n) is 4.95. The van der Waals surface area contributed by atoms with E-state index in [1.165, 1.54) is 23.2 Å². The van der Waals surface area contributed by atoms with Gasteiger partial charge in [0.15, 0.2) is 0 Å². The van der Waals surface area contributed by atoms with Crippen molar-refractivity contribution in [3.05, 3.63) is 53.6 Å². The van der Waals surface area contributed by atoms with E-state index in [9.17, 15) is 22.8 Å². The van der Waals surface area contributed by atoms with E-state index in [0.717, 1.165) is 6.21 Å². The molecule has 4 atom stereocenters. The number of benzene rings is 1. The number of aliphatic imine (C=N–C) groups is 2. The van der Waals surface area contributed by atoms with E-state index in [2.05, 4.69) is 20.6 Å². The lowest BCUT2D eigenvalue weighted by atomic mass is 9.98. The number of rotatable bonds is 9. The van der Waals surface area contributed by atoms with Crippen LogP contribution in [0, 0.1) is 17.1 Å². The van der Waals surface area contributed by atoms with Gasteiger partial charge in [-0.2, -0.15) is 0 Å². The van der Waals surface area contributed by atoms with Gasteiger partial charge in [-0.05, 0) is 48.2 Å². The largest absolute Gasteiger partial charge is 0.393 e. The summed E-state index contributed by atoms with van der Waals surface area (Å²) in [7, 11) is 1.66. The van der Waals surface area contributed by atoms with Crippen LogP contribution in [0.5, 0.6) is 0 Å². The first kappa shape index (κ1) is 26.1. The Morgan fingerprint density at radius 1 is 1.24 bits per heavy atom. The number of amidine groups is 1. The summed E-state index contributed by atoms with van der Waals surface area (Å²) in [4.78, 5) is 35.4. The highest BCUT2D eigenvalue weighted by atomic mass is 19.2. The Balaban J connectivity index is 1.53. The van der Waals surface area contributed by atoms with Gasteiger partial charge in [-0.3, -0.25) is 19.6 Å². The molecule has 1 saturated carbocycles. The van der Waals surface area contributed by atoms with Crippen molar-refractivity contribution in [3.8, 4) is 0 Å². The second kappa shape index (κ2) is 11.0. The van der Waals surface area contributed by atoms with E-state index >= 15 is 0 Å². The minimum atomic E-state index is -1.62. The molecule has 1 aliphatic carbocycles. The molecule has 2 heterocycles. The summed E-state index contributed by atoms with van der Waals surface area (Å²) >= 11 is 0. The molecule has 1 aromatic rings. The van der Waals surface area contributed by atoms with Crippen molar-refractivity contribution in [2.75, 3.05) is 13.6 Å². The summed E-state index contributed by atoms with van der Waals surface area (Å²) in [5, 5.41) is 13.1. The van der Waals surface area contributed by atoms with Gasteiger partial charge in [0, 0.05) is 43.7 Å². The number of hydrogen-bond acceptors (Lipinski definition) is 7. The topological polar surface area (TPSA) is 136 Å². The quantitative estimate of drug-likeness (QED) is 0.372. The zero-order valence-electron chi connectivity index (χ0n) is 20.1. The fourth-order valence-corrected chi connectivity index (χ4v) is 4.95. The van der Waals surface area contributed by atoms with Gasteiger partial charge in [0.25, 0.3) is 5.91 Å². The Kier molecular flexibility index (Phi) is 7.74. The van der Waals surface area contributed by atoms with Crippen LogP contribution in [0.3, 0.4) is 0 Å². The molecule has 3 aliphatic rings. The average molecular weight is 516 g/mol. The minimum absolute atomic E-state index is 0.0340. The van der Waals surface area contributed by atoms with Crippen LogP contribution >= 0.6 is 0 Å².